The fourth-order valence-electron chi connectivity index (χ4n) is 3.37. The van der Waals surface area contributed by atoms with Crippen molar-refractivity contribution in [1.29, 1.82) is 0 Å². The molecule has 0 saturated heterocycles. The van der Waals surface area contributed by atoms with Gasteiger partial charge in [-0.25, -0.2) is 0 Å². The zero-order chi connectivity index (χ0) is 16.1. The minimum absolute atomic E-state index is 1.10. The van der Waals surface area contributed by atoms with Gasteiger partial charge < -0.3 is 4.57 Å². The zero-order valence-electron chi connectivity index (χ0n) is 12.9. The van der Waals surface area contributed by atoms with Crippen LogP contribution in [-0.2, 0) is 0 Å². The highest BCUT2D eigenvalue weighted by molar-refractivity contribution is 9.10. The van der Waals surface area contributed by atoms with Gasteiger partial charge in [-0.15, -0.1) is 0 Å². The van der Waals surface area contributed by atoms with E-state index in [9.17, 15) is 0 Å². The van der Waals surface area contributed by atoms with Crippen LogP contribution in [0.1, 0.15) is 11.1 Å². The maximum absolute atomic E-state index is 3.61. The number of aromatic nitrogens is 1. The van der Waals surface area contributed by atoms with Gasteiger partial charge in [-0.2, -0.15) is 0 Å². The molecule has 4 aromatic rings. The second-order valence-electron chi connectivity index (χ2n) is 5.90. The van der Waals surface area contributed by atoms with E-state index in [-0.39, 0.29) is 0 Å². The zero-order valence-corrected chi connectivity index (χ0v) is 16.1. The Morgan fingerprint density at radius 2 is 1.17 bits per heavy atom. The van der Waals surface area contributed by atoms with Gasteiger partial charge in [0.25, 0.3) is 0 Å². The molecule has 0 bridgehead atoms. The lowest BCUT2D eigenvalue weighted by Gasteiger charge is -2.14. The van der Waals surface area contributed by atoms with Gasteiger partial charge in [0.05, 0.1) is 16.7 Å². The quantitative estimate of drug-likeness (QED) is 0.310. The molecular weight excluding hydrogens is 414 g/mol. The molecule has 0 unspecified atom stereocenters. The molecule has 0 aliphatic heterocycles. The summed E-state index contributed by atoms with van der Waals surface area (Å²) in [6.45, 7) is 4.36. The first-order valence-electron chi connectivity index (χ1n) is 7.52. The summed E-state index contributed by atoms with van der Waals surface area (Å²) in [6, 6.07) is 19.5. The summed E-state index contributed by atoms with van der Waals surface area (Å²) in [4.78, 5) is 0. The summed E-state index contributed by atoms with van der Waals surface area (Å²) in [7, 11) is 0. The van der Waals surface area contributed by atoms with Gasteiger partial charge in [-0.1, -0.05) is 50.1 Å². The summed E-state index contributed by atoms with van der Waals surface area (Å²) in [6.07, 6.45) is 0. The van der Waals surface area contributed by atoms with Crippen LogP contribution in [0, 0.1) is 13.8 Å². The lowest BCUT2D eigenvalue weighted by molar-refractivity contribution is 1.12. The molecule has 0 fully saturated rings. The number of nitrogens with zero attached hydrogens (tertiary/aromatic N) is 1. The molecule has 1 heterocycles. The van der Waals surface area contributed by atoms with Crippen LogP contribution in [-0.4, -0.2) is 4.57 Å². The number of aryl methyl sites for hydroxylation is 2. The van der Waals surface area contributed by atoms with E-state index in [0.29, 0.717) is 0 Å². The van der Waals surface area contributed by atoms with E-state index in [0.717, 1.165) is 8.95 Å². The first-order valence-corrected chi connectivity index (χ1v) is 9.10. The second-order valence-corrected chi connectivity index (χ2v) is 7.73. The molecule has 3 aromatic carbocycles. The van der Waals surface area contributed by atoms with Crippen molar-refractivity contribution in [3.8, 4) is 5.69 Å². The Kier molecular flexibility index (Phi) is 3.58. The number of benzene rings is 3. The van der Waals surface area contributed by atoms with Gasteiger partial charge in [0.15, 0.2) is 0 Å². The van der Waals surface area contributed by atoms with Crippen molar-refractivity contribution in [3.05, 3.63) is 74.7 Å². The number of hydrogen-bond donors (Lipinski definition) is 0. The van der Waals surface area contributed by atoms with Crippen LogP contribution in [0.15, 0.2) is 63.5 Å². The standard InChI is InChI=1S/C20H15Br2N/c1-12-4-3-5-13(2)20(12)23-18-8-6-14(21)10-16(18)17-11-15(22)7-9-19(17)23/h3-11H,1-2H3. The largest absolute Gasteiger partial charge is 0.309 e. The van der Waals surface area contributed by atoms with Crippen LogP contribution in [0.25, 0.3) is 27.5 Å². The summed E-state index contributed by atoms with van der Waals surface area (Å²) in [5.74, 6) is 0. The Bertz CT molecular complexity index is 981. The maximum atomic E-state index is 3.61. The van der Waals surface area contributed by atoms with Crippen LogP contribution in [0.5, 0.6) is 0 Å². The molecule has 0 spiro atoms. The fraction of sp³-hybridized carbons (Fsp3) is 0.100. The molecule has 23 heavy (non-hydrogen) atoms. The van der Waals surface area contributed by atoms with E-state index >= 15 is 0 Å². The van der Waals surface area contributed by atoms with Crippen molar-refractivity contribution >= 4 is 53.7 Å². The molecule has 1 nitrogen and oxygen atoms in total. The average Bonchev–Trinajstić information content (AvgIpc) is 2.81. The monoisotopic (exact) mass is 427 g/mol. The normalized spacial score (nSPS) is 11.5. The number of rotatable bonds is 1. The summed E-state index contributed by atoms with van der Waals surface area (Å²) >= 11 is 7.22. The molecule has 1 aromatic heterocycles. The molecule has 0 aliphatic carbocycles. The smallest absolute Gasteiger partial charge is 0.0542 e. The predicted molar refractivity (Wildman–Crippen MR) is 106 cm³/mol. The third-order valence-electron chi connectivity index (χ3n) is 4.35. The summed E-state index contributed by atoms with van der Waals surface area (Å²) < 4.78 is 4.59. The van der Waals surface area contributed by atoms with Crippen molar-refractivity contribution in [3.63, 3.8) is 0 Å². The lowest BCUT2D eigenvalue weighted by Crippen LogP contribution is -1.99. The fourth-order valence-corrected chi connectivity index (χ4v) is 4.09. The Labute approximate surface area is 152 Å². The number of para-hydroxylation sites is 1. The average molecular weight is 429 g/mol. The van der Waals surface area contributed by atoms with E-state index in [1.54, 1.807) is 0 Å². The van der Waals surface area contributed by atoms with E-state index in [1.165, 1.54) is 38.6 Å². The van der Waals surface area contributed by atoms with Gasteiger partial charge in [0.2, 0.25) is 0 Å². The Hall–Kier alpha value is -1.58. The van der Waals surface area contributed by atoms with Crippen LogP contribution in [0.2, 0.25) is 0 Å². The third-order valence-corrected chi connectivity index (χ3v) is 5.34. The summed E-state index contributed by atoms with van der Waals surface area (Å²) in [5, 5.41) is 2.52. The highest BCUT2D eigenvalue weighted by atomic mass is 79.9. The minimum atomic E-state index is 1.10. The molecule has 0 radical (unpaired) electrons. The van der Waals surface area contributed by atoms with E-state index in [1.807, 2.05) is 0 Å². The first-order chi connectivity index (χ1) is 11.1. The van der Waals surface area contributed by atoms with Crippen molar-refractivity contribution in [2.75, 3.05) is 0 Å². The van der Waals surface area contributed by atoms with Crippen molar-refractivity contribution in [1.82, 2.24) is 4.57 Å². The van der Waals surface area contributed by atoms with Crippen molar-refractivity contribution in [2.24, 2.45) is 0 Å². The van der Waals surface area contributed by atoms with Crippen LogP contribution in [0.3, 0.4) is 0 Å². The van der Waals surface area contributed by atoms with E-state index < -0.39 is 0 Å². The predicted octanol–water partition coefficient (Wildman–Crippen LogP) is 6.93. The summed E-state index contributed by atoms with van der Waals surface area (Å²) in [5.41, 5.74) is 6.32. The highest BCUT2D eigenvalue weighted by Crippen LogP contribution is 2.36. The SMILES string of the molecule is Cc1cccc(C)c1-n1c2ccc(Br)cc2c2cc(Br)ccc21. The van der Waals surface area contributed by atoms with Crippen LogP contribution >= 0.6 is 31.9 Å². The number of halogens is 2. The minimum Gasteiger partial charge on any atom is -0.309 e. The molecule has 0 N–H and O–H groups in total. The Balaban J connectivity index is 2.25. The molecular formula is C20H15Br2N. The van der Waals surface area contributed by atoms with Crippen LogP contribution < -0.4 is 0 Å². The lowest BCUT2D eigenvalue weighted by atomic mass is 10.1. The van der Waals surface area contributed by atoms with E-state index in [4.69, 9.17) is 0 Å². The van der Waals surface area contributed by atoms with Gasteiger partial charge in [0.1, 0.15) is 0 Å². The van der Waals surface area contributed by atoms with Gasteiger partial charge in [-0.3, -0.25) is 0 Å². The Morgan fingerprint density at radius 3 is 1.65 bits per heavy atom. The number of fused-ring (bicyclic) bond motifs is 3. The Morgan fingerprint density at radius 1 is 0.696 bits per heavy atom. The highest BCUT2D eigenvalue weighted by Gasteiger charge is 2.15. The molecule has 3 heteroatoms. The first kappa shape index (κ1) is 15.0. The number of hydrogen-bond acceptors (Lipinski definition) is 0. The molecule has 0 atom stereocenters. The molecule has 0 saturated carbocycles. The molecule has 0 aliphatic rings. The molecule has 0 amide bonds. The topological polar surface area (TPSA) is 4.93 Å². The van der Waals surface area contributed by atoms with Gasteiger partial charge in [-0.05, 0) is 61.4 Å². The van der Waals surface area contributed by atoms with E-state index in [2.05, 4.69) is 105 Å². The van der Waals surface area contributed by atoms with Gasteiger partial charge >= 0.3 is 0 Å². The van der Waals surface area contributed by atoms with Crippen molar-refractivity contribution in [2.45, 2.75) is 13.8 Å². The second kappa shape index (κ2) is 5.50. The van der Waals surface area contributed by atoms with Gasteiger partial charge in [0, 0.05) is 19.7 Å². The van der Waals surface area contributed by atoms with Crippen LogP contribution in [0.4, 0.5) is 0 Å². The molecule has 114 valence electrons. The van der Waals surface area contributed by atoms with Crippen molar-refractivity contribution < 1.29 is 0 Å². The maximum Gasteiger partial charge on any atom is 0.0542 e. The third kappa shape index (κ3) is 2.34. The molecule has 4 rings (SSSR count).